The van der Waals surface area contributed by atoms with Crippen LogP contribution in [0, 0.1) is 0 Å². The quantitative estimate of drug-likeness (QED) is 0.911. The second-order valence-corrected chi connectivity index (χ2v) is 4.78. The van der Waals surface area contributed by atoms with Crippen molar-refractivity contribution in [2.75, 3.05) is 0 Å². The Morgan fingerprint density at radius 3 is 2.83 bits per heavy atom. The van der Waals surface area contributed by atoms with E-state index in [0.717, 1.165) is 18.8 Å². The average Bonchev–Trinajstić information content (AvgIpc) is 2.86. The first-order valence-electron chi connectivity index (χ1n) is 6.02. The number of nitrogens with one attached hydrogen (secondary N) is 1. The number of hydrogen-bond acceptors (Lipinski definition) is 2. The van der Waals surface area contributed by atoms with Crippen LogP contribution in [0.1, 0.15) is 16.7 Å². The molecule has 0 aromatic heterocycles. The normalized spacial score (nSPS) is 13.4. The zero-order valence-electron chi connectivity index (χ0n) is 9.95. The molecule has 1 aliphatic heterocycles. The topological polar surface area (TPSA) is 21.3 Å². The van der Waals surface area contributed by atoms with Crippen LogP contribution >= 0.6 is 11.6 Å². The van der Waals surface area contributed by atoms with E-state index in [0.29, 0.717) is 11.6 Å². The number of halogens is 1. The summed E-state index contributed by atoms with van der Waals surface area (Å²) in [6.45, 7) is 2.45. The molecule has 0 spiro atoms. The van der Waals surface area contributed by atoms with Crippen LogP contribution in [0.3, 0.4) is 0 Å². The molecule has 0 bridgehead atoms. The molecule has 0 atom stereocenters. The van der Waals surface area contributed by atoms with Crippen molar-refractivity contribution in [1.29, 1.82) is 0 Å². The summed E-state index contributed by atoms with van der Waals surface area (Å²) in [5, 5.41) is 4.01. The molecule has 1 N–H and O–H groups in total. The van der Waals surface area contributed by atoms with Crippen molar-refractivity contribution in [3.63, 3.8) is 0 Å². The molecule has 2 nitrogen and oxygen atoms in total. The van der Waals surface area contributed by atoms with Crippen LogP contribution in [0.5, 0.6) is 5.75 Å². The molecular formula is C15H14ClNO. The molecule has 0 unspecified atom stereocenters. The summed E-state index contributed by atoms with van der Waals surface area (Å²) in [5.41, 5.74) is 3.97. The Morgan fingerprint density at radius 2 is 1.94 bits per heavy atom. The number of para-hydroxylation sites is 1. The number of benzene rings is 2. The van der Waals surface area contributed by atoms with Gasteiger partial charge in [0.2, 0.25) is 0 Å². The minimum Gasteiger partial charge on any atom is -0.487 e. The van der Waals surface area contributed by atoms with E-state index >= 15 is 0 Å². The fourth-order valence-electron chi connectivity index (χ4n) is 2.26. The predicted molar refractivity (Wildman–Crippen MR) is 72.8 cm³/mol. The summed E-state index contributed by atoms with van der Waals surface area (Å²) < 4.78 is 5.79. The number of fused-ring (bicyclic) bond motifs is 1. The zero-order chi connectivity index (χ0) is 12.4. The van der Waals surface area contributed by atoms with Crippen LogP contribution in [0.25, 0.3) is 0 Å². The summed E-state index contributed by atoms with van der Waals surface area (Å²) in [6.07, 6.45) is 0. The van der Waals surface area contributed by atoms with Gasteiger partial charge in [-0.3, -0.25) is 0 Å². The highest BCUT2D eigenvalue weighted by atomic mass is 35.5. The van der Waals surface area contributed by atoms with E-state index in [1.165, 1.54) is 16.7 Å². The van der Waals surface area contributed by atoms with Crippen LogP contribution in [0.4, 0.5) is 0 Å². The third-order valence-electron chi connectivity index (χ3n) is 3.21. The third-order valence-corrected chi connectivity index (χ3v) is 3.52. The Labute approximate surface area is 112 Å². The van der Waals surface area contributed by atoms with Gasteiger partial charge in [0.1, 0.15) is 12.4 Å². The van der Waals surface area contributed by atoms with Crippen molar-refractivity contribution in [2.24, 2.45) is 0 Å². The maximum absolute atomic E-state index is 6.07. The summed E-state index contributed by atoms with van der Waals surface area (Å²) in [4.78, 5) is 0. The lowest BCUT2D eigenvalue weighted by molar-refractivity contribution is 0.305. The molecule has 3 heteroatoms. The summed E-state index contributed by atoms with van der Waals surface area (Å²) in [6, 6.07) is 13.9. The zero-order valence-corrected chi connectivity index (χ0v) is 10.7. The van der Waals surface area contributed by atoms with Gasteiger partial charge >= 0.3 is 0 Å². The lowest BCUT2D eigenvalue weighted by Gasteiger charge is -2.10. The molecule has 0 fully saturated rings. The van der Waals surface area contributed by atoms with Gasteiger partial charge in [-0.05, 0) is 28.8 Å². The van der Waals surface area contributed by atoms with Crippen LogP contribution in [-0.2, 0) is 19.7 Å². The van der Waals surface area contributed by atoms with Gasteiger partial charge in [0.15, 0.2) is 0 Å². The summed E-state index contributed by atoms with van der Waals surface area (Å²) in [5.74, 6) is 0.739. The van der Waals surface area contributed by atoms with E-state index < -0.39 is 0 Å². The van der Waals surface area contributed by atoms with Gasteiger partial charge < -0.3 is 10.1 Å². The minimum absolute atomic E-state index is 0.564. The summed E-state index contributed by atoms with van der Waals surface area (Å²) >= 11 is 6.07. The van der Waals surface area contributed by atoms with Gasteiger partial charge in [-0.2, -0.15) is 0 Å². The standard InChI is InChI=1S/C15H14ClNO/c16-14-6-1-2-7-15(14)18-10-12-5-3-4-11-8-17-9-13(11)12/h1-7,17H,8-10H2. The van der Waals surface area contributed by atoms with Crippen LogP contribution in [0.2, 0.25) is 5.02 Å². The second kappa shape index (κ2) is 5.01. The Morgan fingerprint density at radius 1 is 1.06 bits per heavy atom. The molecule has 0 saturated carbocycles. The Bertz CT molecular complexity index is 568. The lowest BCUT2D eigenvalue weighted by Crippen LogP contribution is -2.03. The van der Waals surface area contributed by atoms with E-state index in [1.807, 2.05) is 24.3 Å². The number of ether oxygens (including phenoxy) is 1. The predicted octanol–water partition coefficient (Wildman–Crippen LogP) is 3.52. The lowest BCUT2D eigenvalue weighted by atomic mass is 10.0. The smallest absolute Gasteiger partial charge is 0.138 e. The highest BCUT2D eigenvalue weighted by molar-refractivity contribution is 6.32. The fraction of sp³-hybridized carbons (Fsp3) is 0.200. The van der Waals surface area contributed by atoms with Gasteiger partial charge in [-0.15, -0.1) is 0 Å². The van der Waals surface area contributed by atoms with E-state index in [9.17, 15) is 0 Å². The van der Waals surface area contributed by atoms with Crippen molar-refractivity contribution in [2.45, 2.75) is 19.7 Å². The van der Waals surface area contributed by atoms with Crippen molar-refractivity contribution in [3.05, 3.63) is 64.2 Å². The molecular weight excluding hydrogens is 246 g/mol. The van der Waals surface area contributed by atoms with E-state index in [4.69, 9.17) is 16.3 Å². The Hall–Kier alpha value is -1.51. The molecule has 18 heavy (non-hydrogen) atoms. The first kappa shape index (κ1) is 11.6. The molecule has 1 aliphatic rings. The van der Waals surface area contributed by atoms with Crippen LogP contribution < -0.4 is 10.1 Å². The Balaban J connectivity index is 1.78. The van der Waals surface area contributed by atoms with E-state index in [2.05, 4.69) is 23.5 Å². The van der Waals surface area contributed by atoms with Crippen LogP contribution in [-0.4, -0.2) is 0 Å². The van der Waals surface area contributed by atoms with Crippen molar-refractivity contribution in [3.8, 4) is 5.75 Å². The first-order valence-corrected chi connectivity index (χ1v) is 6.40. The van der Waals surface area contributed by atoms with Crippen molar-refractivity contribution < 1.29 is 4.74 Å². The summed E-state index contributed by atoms with van der Waals surface area (Å²) in [7, 11) is 0. The van der Waals surface area contributed by atoms with E-state index in [1.54, 1.807) is 0 Å². The third kappa shape index (κ3) is 2.22. The highest BCUT2D eigenvalue weighted by Gasteiger charge is 2.14. The van der Waals surface area contributed by atoms with E-state index in [-0.39, 0.29) is 0 Å². The monoisotopic (exact) mass is 259 g/mol. The first-order chi connectivity index (χ1) is 8.84. The van der Waals surface area contributed by atoms with Crippen LogP contribution in [0.15, 0.2) is 42.5 Å². The minimum atomic E-state index is 0.564. The number of hydrogen-bond donors (Lipinski definition) is 1. The maximum atomic E-state index is 6.07. The molecule has 2 aromatic rings. The molecule has 1 heterocycles. The molecule has 0 saturated heterocycles. The second-order valence-electron chi connectivity index (χ2n) is 4.38. The molecule has 3 rings (SSSR count). The van der Waals surface area contributed by atoms with Gasteiger partial charge in [0.25, 0.3) is 0 Å². The fourth-order valence-corrected chi connectivity index (χ4v) is 2.45. The van der Waals surface area contributed by atoms with Gasteiger partial charge in [-0.25, -0.2) is 0 Å². The Kier molecular flexibility index (Phi) is 3.22. The van der Waals surface area contributed by atoms with Gasteiger partial charge in [-0.1, -0.05) is 41.9 Å². The SMILES string of the molecule is Clc1ccccc1OCc1cccc2c1CNC2. The molecule has 0 amide bonds. The van der Waals surface area contributed by atoms with Gasteiger partial charge in [0, 0.05) is 13.1 Å². The molecule has 92 valence electrons. The molecule has 2 aromatic carbocycles. The maximum Gasteiger partial charge on any atom is 0.138 e. The molecule has 0 radical (unpaired) electrons. The average molecular weight is 260 g/mol. The highest BCUT2D eigenvalue weighted by Crippen LogP contribution is 2.26. The van der Waals surface area contributed by atoms with Gasteiger partial charge in [0.05, 0.1) is 5.02 Å². The number of rotatable bonds is 3. The van der Waals surface area contributed by atoms with Crippen molar-refractivity contribution >= 4 is 11.6 Å². The van der Waals surface area contributed by atoms with Crippen molar-refractivity contribution in [1.82, 2.24) is 5.32 Å². The molecule has 0 aliphatic carbocycles. The largest absolute Gasteiger partial charge is 0.487 e.